The fraction of sp³-hybridized carbons (Fsp3) is 0.368. The number of anilines is 1. The first-order chi connectivity index (χ1) is 11.8. The molecule has 1 saturated heterocycles. The zero-order valence-electron chi connectivity index (χ0n) is 13.9. The Labute approximate surface area is 143 Å². The SMILES string of the molecule is O=C(NCCCc1ccccc1)N1CCN(c2ccncc2)CC1. The minimum Gasteiger partial charge on any atom is -0.368 e. The minimum atomic E-state index is 0.0532. The van der Waals surface area contributed by atoms with Crippen molar-refractivity contribution in [2.45, 2.75) is 12.8 Å². The first-order valence-electron chi connectivity index (χ1n) is 8.54. The quantitative estimate of drug-likeness (QED) is 0.860. The molecule has 0 spiro atoms. The van der Waals surface area contributed by atoms with Crippen molar-refractivity contribution < 1.29 is 4.79 Å². The standard InChI is InChI=1S/C19H24N4O/c24-19(21-10-4-7-17-5-2-1-3-6-17)23-15-13-22(14-16-23)18-8-11-20-12-9-18/h1-3,5-6,8-9,11-12H,4,7,10,13-16H2,(H,21,24). The van der Waals surface area contributed by atoms with E-state index in [1.807, 2.05) is 23.1 Å². The van der Waals surface area contributed by atoms with Gasteiger partial charge in [-0.2, -0.15) is 0 Å². The molecular formula is C19H24N4O. The van der Waals surface area contributed by atoms with Crippen molar-refractivity contribution in [3.8, 4) is 0 Å². The number of carbonyl (C=O) groups excluding carboxylic acids is 1. The van der Waals surface area contributed by atoms with Crippen molar-refractivity contribution in [1.29, 1.82) is 0 Å². The van der Waals surface area contributed by atoms with Crippen LogP contribution in [0.4, 0.5) is 10.5 Å². The van der Waals surface area contributed by atoms with E-state index in [0.29, 0.717) is 0 Å². The number of carbonyl (C=O) groups is 1. The number of benzene rings is 1. The van der Waals surface area contributed by atoms with Gasteiger partial charge in [0.05, 0.1) is 0 Å². The van der Waals surface area contributed by atoms with Crippen LogP contribution in [-0.2, 0) is 6.42 Å². The molecule has 0 unspecified atom stereocenters. The van der Waals surface area contributed by atoms with Crippen LogP contribution < -0.4 is 10.2 Å². The second-order valence-electron chi connectivity index (χ2n) is 6.00. The molecule has 5 heteroatoms. The number of urea groups is 1. The first kappa shape index (κ1) is 16.3. The van der Waals surface area contributed by atoms with Gasteiger partial charge in [-0.05, 0) is 30.5 Å². The van der Waals surface area contributed by atoms with Crippen LogP contribution in [0.15, 0.2) is 54.9 Å². The van der Waals surface area contributed by atoms with Gasteiger partial charge >= 0.3 is 6.03 Å². The van der Waals surface area contributed by atoms with Gasteiger partial charge in [-0.1, -0.05) is 30.3 Å². The molecule has 0 atom stereocenters. The second-order valence-corrected chi connectivity index (χ2v) is 6.00. The number of rotatable bonds is 5. The lowest BCUT2D eigenvalue weighted by molar-refractivity contribution is 0.194. The van der Waals surface area contributed by atoms with Crippen molar-refractivity contribution in [2.75, 3.05) is 37.6 Å². The highest BCUT2D eigenvalue weighted by Crippen LogP contribution is 2.14. The number of nitrogens with zero attached hydrogens (tertiary/aromatic N) is 3. The Morgan fingerprint density at radius 3 is 2.42 bits per heavy atom. The van der Waals surface area contributed by atoms with E-state index >= 15 is 0 Å². The molecule has 1 aliphatic rings. The summed E-state index contributed by atoms with van der Waals surface area (Å²) in [6, 6.07) is 14.5. The van der Waals surface area contributed by atoms with Crippen molar-refractivity contribution in [1.82, 2.24) is 15.2 Å². The maximum atomic E-state index is 12.2. The number of amides is 2. The maximum Gasteiger partial charge on any atom is 0.317 e. The summed E-state index contributed by atoms with van der Waals surface area (Å²) in [4.78, 5) is 20.5. The molecule has 1 aromatic heterocycles. The zero-order valence-corrected chi connectivity index (χ0v) is 13.9. The maximum absolute atomic E-state index is 12.2. The molecule has 3 rings (SSSR count). The molecule has 1 aliphatic heterocycles. The second kappa shape index (κ2) is 8.34. The van der Waals surface area contributed by atoms with Crippen LogP contribution in [-0.4, -0.2) is 48.6 Å². The molecule has 1 aromatic carbocycles. The number of aromatic nitrogens is 1. The van der Waals surface area contributed by atoms with Crippen molar-refractivity contribution in [3.63, 3.8) is 0 Å². The van der Waals surface area contributed by atoms with Gasteiger partial charge in [0.25, 0.3) is 0 Å². The molecule has 0 radical (unpaired) electrons. The van der Waals surface area contributed by atoms with E-state index in [9.17, 15) is 4.79 Å². The normalized spacial score (nSPS) is 14.5. The van der Waals surface area contributed by atoms with Gasteiger partial charge in [0.1, 0.15) is 0 Å². The van der Waals surface area contributed by atoms with Crippen LogP contribution in [0.5, 0.6) is 0 Å². The summed E-state index contributed by atoms with van der Waals surface area (Å²) in [7, 11) is 0. The molecule has 1 N–H and O–H groups in total. The van der Waals surface area contributed by atoms with Gasteiger partial charge in [0, 0.05) is 50.8 Å². The van der Waals surface area contributed by atoms with Crippen LogP contribution in [0.1, 0.15) is 12.0 Å². The third-order valence-electron chi connectivity index (χ3n) is 4.36. The van der Waals surface area contributed by atoms with Crippen LogP contribution in [0.3, 0.4) is 0 Å². The van der Waals surface area contributed by atoms with Crippen molar-refractivity contribution in [2.24, 2.45) is 0 Å². The Morgan fingerprint density at radius 1 is 1.00 bits per heavy atom. The Bertz CT molecular complexity index is 624. The van der Waals surface area contributed by atoms with Gasteiger partial charge in [0.2, 0.25) is 0 Å². The van der Waals surface area contributed by atoms with Gasteiger partial charge in [-0.15, -0.1) is 0 Å². The molecular weight excluding hydrogens is 300 g/mol. The number of hydrogen-bond acceptors (Lipinski definition) is 3. The summed E-state index contributed by atoms with van der Waals surface area (Å²) in [5, 5.41) is 3.04. The van der Waals surface area contributed by atoms with E-state index in [2.05, 4.69) is 39.5 Å². The van der Waals surface area contributed by atoms with Crippen molar-refractivity contribution in [3.05, 3.63) is 60.4 Å². The van der Waals surface area contributed by atoms with Gasteiger partial charge < -0.3 is 15.1 Å². The Morgan fingerprint density at radius 2 is 1.71 bits per heavy atom. The lowest BCUT2D eigenvalue weighted by atomic mass is 10.1. The number of piperazine rings is 1. The summed E-state index contributed by atoms with van der Waals surface area (Å²) in [5.41, 5.74) is 2.49. The van der Waals surface area contributed by atoms with E-state index in [1.54, 1.807) is 12.4 Å². The lowest BCUT2D eigenvalue weighted by Crippen LogP contribution is -2.52. The molecule has 5 nitrogen and oxygen atoms in total. The monoisotopic (exact) mass is 324 g/mol. The molecule has 2 aromatic rings. The molecule has 1 fully saturated rings. The minimum absolute atomic E-state index is 0.0532. The zero-order chi connectivity index (χ0) is 16.6. The number of aryl methyl sites for hydroxylation is 1. The number of pyridine rings is 1. The topological polar surface area (TPSA) is 48.5 Å². The van der Waals surface area contributed by atoms with Crippen LogP contribution in [0, 0.1) is 0 Å². The van der Waals surface area contributed by atoms with Gasteiger partial charge in [-0.3, -0.25) is 4.98 Å². The third-order valence-corrected chi connectivity index (χ3v) is 4.36. The average molecular weight is 324 g/mol. The Balaban J connectivity index is 1.36. The molecule has 126 valence electrons. The Kier molecular flexibility index (Phi) is 5.66. The lowest BCUT2D eigenvalue weighted by Gasteiger charge is -2.36. The van der Waals surface area contributed by atoms with Crippen LogP contribution in [0.2, 0.25) is 0 Å². The smallest absolute Gasteiger partial charge is 0.317 e. The summed E-state index contributed by atoms with van der Waals surface area (Å²) >= 11 is 0. The molecule has 24 heavy (non-hydrogen) atoms. The van der Waals surface area contributed by atoms with Crippen LogP contribution >= 0.6 is 0 Å². The highest BCUT2D eigenvalue weighted by atomic mass is 16.2. The summed E-state index contributed by atoms with van der Waals surface area (Å²) < 4.78 is 0. The molecule has 0 bridgehead atoms. The Hall–Kier alpha value is -2.56. The van der Waals surface area contributed by atoms with Crippen LogP contribution in [0.25, 0.3) is 0 Å². The highest BCUT2D eigenvalue weighted by molar-refractivity contribution is 5.74. The predicted molar refractivity (Wildman–Crippen MR) is 96.2 cm³/mol. The summed E-state index contributed by atoms with van der Waals surface area (Å²) in [6.07, 6.45) is 5.58. The van der Waals surface area contributed by atoms with Gasteiger partial charge in [0.15, 0.2) is 0 Å². The number of hydrogen-bond donors (Lipinski definition) is 1. The van der Waals surface area contributed by atoms with Gasteiger partial charge in [-0.25, -0.2) is 4.79 Å². The molecule has 0 aliphatic carbocycles. The molecule has 2 amide bonds. The fourth-order valence-electron chi connectivity index (χ4n) is 2.97. The van der Waals surface area contributed by atoms with E-state index < -0.39 is 0 Å². The van der Waals surface area contributed by atoms with E-state index in [4.69, 9.17) is 0 Å². The van der Waals surface area contributed by atoms with Crippen molar-refractivity contribution >= 4 is 11.7 Å². The third kappa shape index (κ3) is 4.47. The first-order valence-corrected chi connectivity index (χ1v) is 8.54. The highest BCUT2D eigenvalue weighted by Gasteiger charge is 2.20. The fourth-order valence-corrected chi connectivity index (χ4v) is 2.97. The largest absolute Gasteiger partial charge is 0.368 e. The predicted octanol–water partition coefficient (Wildman–Crippen LogP) is 2.55. The van der Waals surface area contributed by atoms with E-state index in [-0.39, 0.29) is 6.03 Å². The number of nitrogens with one attached hydrogen (secondary N) is 1. The van der Waals surface area contributed by atoms with E-state index in [0.717, 1.165) is 45.6 Å². The van der Waals surface area contributed by atoms with E-state index in [1.165, 1.54) is 11.3 Å². The average Bonchev–Trinajstić information content (AvgIpc) is 2.67. The molecule has 0 saturated carbocycles. The molecule has 2 heterocycles. The summed E-state index contributed by atoms with van der Waals surface area (Å²) in [5.74, 6) is 0. The summed E-state index contributed by atoms with van der Waals surface area (Å²) in [6.45, 7) is 3.96.